The fourth-order valence-corrected chi connectivity index (χ4v) is 4.87. The van der Waals surface area contributed by atoms with Crippen LogP contribution in [0, 0.1) is 0 Å². The second kappa shape index (κ2) is 7.32. The highest BCUT2D eigenvalue weighted by molar-refractivity contribution is 7.92. The molecule has 2 aliphatic rings. The van der Waals surface area contributed by atoms with E-state index in [1.54, 1.807) is 36.4 Å². The predicted octanol–water partition coefficient (Wildman–Crippen LogP) is 2.45. The van der Waals surface area contributed by atoms with Crippen molar-refractivity contribution in [2.45, 2.75) is 36.2 Å². The highest BCUT2D eigenvalue weighted by atomic mass is 32.2. The van der Waals surface area contributed by atoms with Crippen molar-refractivity contribution in [3.63, 3.8) is 0 Å². The summed E-state index contributed by atoms with van der Waals surface area (Å²) in [6.07, 6.45) is 3.26. The summed E-state index contributed by atoms with van der Waals surface area (Å²) in [5.74, 6) is -0.0377. The zero-order chi connectivity index (χ0) is 18.9. The molecule has 2 aromatic rings. The molecule has 2 saturated heterocycles. The maximum absolute atomic E-state index is 12.8. The van der Waals surface area contributed by atoms with Gasteiger partial charge in [-0.1, -0.05) is 18.2 Å². The molecule has 0 radical (unpaired) electrons. The quantitative estimate of drug-likeness (QED) is 0.847. The van der Waals surface area contributed by atoms with Crippen molar-refractivity contribution in [3.8, 4) is 0 Å². The van der Waals surface area contributed by atoms with Gasteiger partial charge in [0.1, 0.15) is 0 Å². The Morgan fingerprint density at radius 3 is 2.41 bits per heavy atom. The molecule has 2 N–H and O–H groups in total. The van der Waals surface area contributed by atoms with Crippen LogP contribution in [0.4, 0.5) is 5.69 Å². The number of sulfonamides is 1. The van der Waals surface area contributed by atoms with Crippen LogP contribution in [-0.4, -0.2) is 44.4 Å². The van der Waals surface area contributed by atoms with Gasteiger partial charge in [0.15, 0.2) is 0 Å². The van der Waals surface area contributed by atoms with Crippen LogP contribution in [-0.2, 0) is 10.0 Å². The van der Waals surface area contributed by atoms with Gasteiger partial charge in [-0.05, 0) is 55.7 Å². The van der Waals surface area contributed by atoms with E-state index in [9.17, 15) is 13.2 Å². The Morgan fingerprint density at radius 2 is 1.67 bits per heavy atom. The SMILES string of the molecule is O=C(c1ccc(S(=O)(=O)Nc2ccccc2)cc1)N1CCC2CCC(C1)N2. The largest absolute Gasteiger partial charge is 0.337 e. The van der Waals surface area contributed by atoms with Crippen LogP contribution in [0.25, 0.3) is 0 Å². The fourth-order valence-electron chi connectivity index (χ4n) is 3.81. The molecular formula is C20H23N3O3S. The van der Waals surface area contributed by atoms with Gasteiger partial charge in [0.25, 0.3) is 15.9 Å². The Morgan fingerprint density at radius 1 is 0.963 bits per heavy atom. The van der Waals surface area contributed by atoms with Crippen LogP contribution in [0.3, 0.4) is 0 Å². The van der Waals surface area contributed by atoms with Gasteiger partial charge in [-0.2, -0.15) is 0 Å². The summed E-state index contributed by atoms with van der Waals surface area (Å²) < 4.78 is 27.5. The molecular weight excluding hydrogens is 362 g/mol. The Bertz CT molecular complexity index is 913. The zero-order valence-electron chi connectivity index (χ0n) is 15.0. The molecule has 2 bridgehead atoms. The number of nitrogens with one attached hydrogen (secondary N) is 2. The van der Waals surface area contributed by atoms with Gasteiger partial charge in [0.2, 0.25) is 0 Å². The van der Waals surface area contributed by atoms with Crippen molar-refractivity contribution in [1.82, 2.24) is 10.2 Å². The average Bonchev–Trinajstić information content (AvgIpc) is 3.00. The van der Waals surface area contributed by atoms with Gasteiger partial charge in [0, 0.05) is 36.4 Å². The summed E-state index contributed by atoms with van der Waals surface area (Å²) in [4.78, 5) is 14.8. The van der Waals surface area contributed by atoms with Crippen LogP contribution in [0.15, 0.2) is 59.5 Å². The van der Waals surface area contributed by atoms with Crippen LogP contribution in [0.2, 0.25) is 0 Å². The zero-order valence-corrected chi connectivity index (χ0v) is 15.8. The average molecular weight is 385 g/mol. The monoisotopic (exact) mass is 385 g/mol. The number of nitrogens with zero attached hydrogens (tertiary/aromatic N) is 1. The normalized spacial score (nSPS) is 22.3. The van der Waals surface area contributed by atoms with E-state index in [2.05, 4.69) is 10.0 Å². The Balaban J connectivity index is 1.47. The topological polar surface area (TPSA) is 78.5 Å². The Hall–Kier alpha value is -2.38. The second-order valence-electron chi connectivity index (χ2n) is 7.17. The number of hydrogen-bond acceptors (Lipinski definition) is 4. The molecule has 0 aliphatic carbocycles. The van der Waals surface area contributed by atoms with Gasteiger partial charge in [-0.25, -0.2) is 8.42 Å². The highest BCUT2D eigenvalue weighted by Gasteiger charge is 2.31. The number of carbonyl (C=O) groups excluding carboxylic acids is 1. The third kappa shape index (κ3) is 3.99. The summed E-state index contributed by atoms with van der Waals surface area (Å²) >= 11 is 0. The number of benzene rings is 2. The van der Waals surface area contributed by atoms with E-state index < -0.39 is 10.0 Å². The molecule has 6 nitrogen and oxygen atoms in total. The minimum atomic E-state index is -3.68. The highest BCUT2D eigenvalue weighted by Crippen LogP contribution is 2.22. The molecule has 2 aromatic carbocycles. The summed E-state index contributed by atoms with van der Waals surface area (Å²) in [5, 5.41) is 3.56. The Labute approximate surface area is 159 Å². The summed E-state index contributed by atoms with van der Waals surface area (Å²) in [5.41, 5.74) is 1.02. The third-order valence-corrected chi connectivity index (χ3v) is 6.65. The van der Waals surface area contributed by atoms with Gasteiger partial charge in [0.05, 0.1) is 4.90 Å². The molecule has 2 fully saturated rings. The van der Waals surface area contributed by atoms with E-state index in [1.165, 1.54) is 18.6 Å². The molecule has 1 amide bonds. The molecule has 0 spiro atoms. The summed E-state index contributed by atoms with van der Waals surface area (Å²) in [6, 6.07) is 15.8. The first kappa shape index (κ1) is 18.0. The second-order valence-corrected chi connectivity index (χ2v) is 8.86. The number of para-hydroxylation sites is 1. The van der Waals surface area contributed by atoms with Crippen LogP contribution in [0.1, 0.15) is 29.6 Å². The lowest BCUT2D eigenvalue weighted by atomic mass is 10.1. The minimum Gasteiger partial charge on any atom is -0.337 e. The number of amides is 1. The molecule has 7 heteroatoms. The maximum Gasteiger partial charge on any atom is 0.261 e. The van der Waals surface area contributed by atoms with E-state index >= 15 is 0 Å². The third-order valence-electron chi connectivity index (χ3n) is 5.25. The van der Waals surface area contributed by atoms with Crippen molar-refractivity contribution in [1.29, 1.82) is 0 Å². The molecule has 2 unspecified atom stereocenters. The minimum absolute atomic E-state index is 0.0377. The van der Waals surface area contributed by atoms with E-state index in [0.29, 0.717) is 29.9 Å². The molecule has 27 heavy (non-hydrogen) atoms. The summed E-state index contributed by atoms with van der Waals surface area (Å²) in [7, 11) is -3.68. The van der Waals surface area contributed by atoms with E-state index in [4.69, 9.17) is 0 Å². The first-order valence-electron chi connectivity index (χ1n) is 9.24. The number of likely N-dealkylation sites (tertiary alicyclic amines) is 1. The first-order valence-corrected chi connectivity index (χ1v) is 10.7. The number of hydrogen-bond donors (Lipinski definition) is 2. The van der Waals surface area contributed by atoms with Gasteiger partial charge >= 0.3 is 0 Å². The van der Waals surface area contributed by atoms with E-state index in [-0.39, 0.29) is 10.8 Å². The molecule has 0 saturated carbocycles. The molecule has 0 aromatic heterocycles. The van der Waals surface area contributed by atoms with Gasteiger partial charge < -0.3 is 10.2 Å². The maximum atomic E-state index is 12.8. The van der Waals surface area contributed by atoms with Crippen LogP contribution < -0.4 is 10.0 Å². The smallest absolute Gasteiger partial charge is 0.261 e. The Kier molecular flexibility index (Phi) is 4.88. The lowest BCUT2D eigenvalue weighted by Gasteiger charge is -2.24. The van der Waals surface area contributed by atoms with Crippen molar-refractivity contribution >= 4 is 21.6 Å². The van der Waals surface area contributed by atoms with E-state index in [0.717, 1.165) is 19.4 Å². The first-order chi connectivity index (χ1) is 13.0. The van der Waals surface area contributed by atoms with Crippen molar-refractivity contribution < 1.29 is 13.2 Å². The summed E-state index contributed by atoms with van der Waals surface area (Å²) in [6.45, 7) is 1.45. The molecule has 2 atom stereocenters. The van der Waals surface area contributed by atoms with Crippen molar-refractivity contribution in [2.24, 2.45) is 0 Å². The van der Waals surface area contributed by atoms with Crippen molar-refractivity contribution in [2.75, 3.05) is 17.8 Å². The number of anilines is 1. The van der Waals surface area contributed by atoms with Gasteiger partial charge in [-0.15, -0.1) is 0 Å². The molecule has 2 heterocycles. The fraction of sp³-hybridized carbons (Fsp3) is 0.350. The van der Waals surface area contributed by atoms with Gasteiger partial charge in [-0.3, -0.25) is 9.52 Å². The number of carbonyl (C=O) groups is 1. The number of fused-ring (bicyclic) bond motifs is 2. The van der Waals surface area contributed by atoms with E-state index in [1.807, 2.05) is 11.0 Å². The predicted molar refractivity (Wildman–Crippen MR) is 104 cm³/mol. The molecule has 4 rings (SSSR count). The lowest BCUT2D eigenvalue weighted by Crippen LogP contribution is -2.39. The molecule has 2 aliphatic heterocycles. The lowest BCUT2D eigenvalue weighted by molar-refractivity contribution is 0.0748. The van der Waals surface area contributed by atoms with Crippen molar-refractivity contribution in [3.05, 3.63) is 60.2 Å². The van der Waals surface area contributed by atoms with Crippen LogP contribution in [0.5, 0.6) is 0 Å². The molecule has 142 valence electrons. The standard InChI is InChI=1S/C20H23N3O3S/c24-20(23-13-12-16-8-9-18(14-23)21-16)15-6-10-19(11-7-15)27(25,26)22-17-4-2-1-3-5-17/h1-7,10-11,16,18,21-22H,8-9,12-14H2. The van der Waals surface area contributed by atoms with Crippen LogP contribution >= 0.6 is 0 Å². The number of rotatable bonds is 4.